The van der Waals surface area contributed by atoms with Crippen LogP contribution in [-0.2, 0) is 0 Å². The van der Waals surface area contributed by atoms with E-state index in [1.807, 2.05) is 18.2 Å². The van der Waals surface area contributed by atoms with Crippen LogP contribution in [0.1, 0.15) is 5.76 Å². The molecule has 0 bridgehead atoms. The van der Waals surface area contributed by atoms with Crippen LogP contribution < -0.4 is 0 Å². The molecule has 0 saturated carbocycles. The molecule has 0 aliphatic carbocycles. The lowest BCUT2D eigenvalue weighted by molar-refractivity contribution is 0.528. The average Bonchev–Trinajstić information content (AvgIpc) is 2.84. The maximum Gasteiger partial charge on any atom is 0.164 e. The molecule has 6 heteroatoms. The third kappa shape index (κ3) is 3.01. The van der Waals surface area contributed by atoms with E-state index in [0.29, 0.717) is 0 Å². The summed E-state index contributed by atoms with van der Waals surface area (Å²) in [5.74, 6) is 0.801. The molecule has 0 fully saturated rings. The molecule has 5 nitrogen and oxygen atoms in total. The smallest absolute Gasteiger partial charge is 0.164 e. The van der Waals surface area contributed by atoms with Gasteiger partial charge in [0.1, 0.15) is 18.4 Å². The highest BCUT2D eigenvalue weighted by Crippen LogP contribution is 2.10. The van der Waals surface area contributed by atoms with Crippen molar-refractivity contribution in [3.63, 3.8) is 0 Å². The van der Waals surface area contributed by atoms with Crippen LogP contribution in [0.25, 0.3) is 6.08 Å². The third-order valence-corrected chi connectivity index (χ3v) is 2.13. The molecule has 76 valence electrons. The van der Waals surface area contributed by atoms with Gasteiger partial charge in [-0.3, -0.25) is 0 Å². The molecule has 0 aliphatic rings. The van der Waals surface area contributed by atoms with Crippen LogP contribution >= 0.6 is 22.6 Å². The van der Waals surface area contributed by atoms with Gasteiger partial charge in [-0.1, -0.05) is 0 Å². The number of aromatic nitrogens is 3. The fourth-order valence-corrected chi connectivity index (χ4v) is 1.36. The summed E-state index contributed by atoms with van der Waals surface area (Å²) in [5.41, 5.74) is 0. The Kier molecular flexibility index (Phi) is 3.28. The Hall–Kier alpha value is -1.44. The normalized spacial score (nSPS) is 11.8. The summed E-state index contributed by atoms with van der Waals surface area (Å²) in [6.45, 7) is 0. The van der Waals surface area contributed by atoms with Crippen LogP contribution in [0.15, 0.2) is 40.4 Å². The number of halogens is 1. The Labute approximate surface area is 99.6 Å². The van der Waals surface area contributed by atoms with Gasteiger partial charge in [0.2, 0.25) is 0 Å². The molecule has 0 amide bonds. The van der Waals surface area contributed by atoms with Crippen LogP contribution in [0, 0.1) is 3.77 Å². The predicted molar refractivity (Wildman–Crippen MR) is 64.4 cm³/mol. The molecule has 2 rings (SSSR count). The number of rotatable bonds is 3. The average molecular weight is 314 g/mol. The maximum absolute atomic E-state index is 5.33. The third-order valence-electron chi connectivity index (χ3n) is 1.55. The molecular weight excluding hydrogens is 307 g/mol. The lowest BCUT2D eigenvalue weighted by Gasteiger charge is -1.84. The monoisotopic (exact) mass is 314 g/mol. The molecule has 0 unspecified atom stereocenters. The highest BCUT2D eigenvalue weighted by atomic mass is 127. The van der Waals surface area contributed by atoms with Gasteiger partial charge in [-0.05, 0) is 46.9 Å². The molecule has 0 N–H and O–H groups in total. The van der Waals surface area contributed by atoms with Crippen molar-refractivity contribution >= 4 is 34.9 Å². The Bertz CT molecular complexity index is 472. The van der Waals surface area contributed by atoms with Crippen LogP contribution in [-0.4, -0.2) is 21.1 Å². The van der Waals surface area contributed by atoms with Gasteiger partial charge in [-0.2, -0.15) is 5.10 Å². The van der Waals surface area contributed by atoms with Crippen LogP contribution in [0.5, 0.6) is 0 Å². The minimum Gasteiger partial charge on any atom is -0.451 e. The predicted octanol–water partition coefficient (Wildman–Crippen LogP) is 2.02. The Balaban J connectivity index is 1.96. The van der Waals surface area contributed by atoms with E-state index < -0.39 is 0 Å². The largest absolute Gasteiger partial charge is 0.451 e. The fourth-order valence-electron chi connectivity index (χ4n) is 0.926. The van der Waals surface area contributed by atoms with Crippen molar-refractivity contribution in [3.8, 4) is 0 Å². The van der Waals surface area contributed by atoms with E-state index in [1.54, 1.807) is 12.3 Å². The number of nitrogens with zero attached hydrogens (tertiary/aromatic N) is 4. The van der Waals surface area contributed by atoms with E-state index in [2.05, 4.69) is 37.9 Å². The molecule has 0 spiro atoms. The zero-order chi connectivity index (χ0) is 10.5. The van der Waals surface area contributed by atoms with Crippen molar-refractivity contribution in [1.29, 1.82) is 0 Å². The van der Waals surface area contributed by atoms with Gasteiger partial charge >= 0.3 is 0 Å². The van der Waals surface area contributed by atoms with Crippen molar-refractivity contribution in [2.75, 3.05) is 0 Å². The molecule has 2 heterocycles. The Morgan fingerprint density at radius 2 is 2.13 bits per heavy atom. The van der Waals surface area contributed by atoms with E-state index in [9.17, 15) is 0 Å². The van der Waals surface area contributed by atoms with Crippen molar-refractivity contribution in [2.45, 2.75) is 0 Å². The zero-order valence-corrected chi connectivity index (χ0v) is 9.77. The summed E-state index contributed by atoms with van der Waals surface area (Å²) in [6, 6.07) is 3.79. The Morgan fingerprint density at radius 3 is 2.80 bits per heavy atom. The number of allylic oxidation sites excluding steroid dienone is 1. The molecular formula is C9H7IN4O. The lowest BCUT2D eigenvalue weighted by Crippen LogP contribution is -1.81. The first-order valence-corrected chi connectivity index (χ1v) is 5.23. The first kappa shape index (κ1) is 10.1. The number of furan rings is 1. The summed E-state index contributed by atoms with van der Waals surface area (Å²) < 4.78 is 7.70. The molecule has 0 aliphatic heterocycles. The van der Waals surface area contributed by atoms with Crippen molar-refractivity contribution < 1.29 is 4.42 Å². The number of hydrogen-bond donors (Lipinski definition) is 0. The molecule has 0 aromatic carbocycles. The van der Waals surface area contributed by atoms with E-state index in [0.717, 1.165) is 9.53 Å². The molecule has 2 aromatic heterocycles. The van der Waals surface area contributed by atoms with Crippen molar-refractivity contribution in [3.05, 3.63) is 40.4 Å². The second-order valence-corrected chi connectivity index (χ2v) is 3.67. The van der Waals surface area contributed by atoms with Gasteiger partial charge in [0.05, 0.1) is 0 Å². The van der Waals surface area contributed by atoms with E-state index in [4.69, 9.17) is 4.42 Å². The maximum atomic E-state index is 5.33. The highest BCUT2D eigenvalue weighted by Gasteiger charge is 1.92. The molecule has 2 aromatic rings. The Morgan fingerprint density at radius 1 is 1.33 bits per heavy atom. The van der Waals surface area contributed by atoms with Gasteiger partial charge in [-0.15, -0.1) is 10.2 Å². The second kappa shape index (κ2) is 4.87. The van der Waals surface area contributed by atoms with Crippen molar-refractivity contribution in [1.82, 2.24) is 14.9 Å². The summed E-state index contributed by atoms with van der Waals surface area (Å²) in [4.78, 5) is 0. The zero-order valence-electron chi connectivity index (χ0n) is 7.62. The van der Waals surface area contributed by atoms with Gasteiger partial charge in [0.15, 0.2) is 3.77 Å². The van der Waals surface area contributed by atoms with Crippen molar-refractivity contribution in [2.24, 2.45) is 5.10 Å². The quantitative estimate of drug-likeness (QED) is 0.643. The van der Waals surface area contributed by atoms with Crippen LogP contribution in [0.4, 0.5) is 0 Å². The summed E-state index contributed by atoms with van der Waals surface area (Å²) in [5, 5.41) is 11.3. The summed E-state index contributed by atoms with van der Waals surface area (Å²) in [6.07, 6.45) is 8.28. The lowest BCUT2D eigenvalue weighted by atomic mass is 10.4. The van der Waals surface area contributed by atoms with Gasteiger partial charge < -0.3 is 4.42 Å². The second-order valence-electron chi connectivity index (χ2n) is 2.61. The minimum atomic E-state index is 0.801. The van der Waals surface area contributed by atoms with E-state index >= 15 is 0 Å². The van der Waals surface area contributed by atoms with Gasteiger partial charge in [0.25, 0.3) is 0 Å². The molecule has 15 heavy (non-hydrogen) atoms. The fraction of sp³-hybridized carbons (Fsp3) is 0. The molecule has 0 radical (unpaired) electrons. The highest BCUT2D eigenvalue weighted by molar-refractivity contribution is 14.1. The standard InChI is InChI=1S/C9H7IN4O/c10-9-4-3-8(15-9)2-1-5-13-14-6-11-12-7-14/h1-7H. The van der Waals surface area contributed by atoms with E-state index in [-0.39, 0.29) is 0 Å². The summed E-state index contributed by atoms with van der Waals surface area (Å²) >= 11 is 2.12. The van der Waals surface area contributed by atoms with Gasteiger partial charge in [0, 0.05) is 6.21 Å². The topological polar surface area (TPSA) is 56.2 Å². The molecule has 0 atom stereocenters. The first-order valence-electron chi connectivity index (χ1n) is 4.15. The van der Waals surface area contributed by atoms with Gasteiger partial charge in [-0.25, -0.2) is 4.68 Å². The SMILES string of the molecule is Ic1ccc(C=CC=Nn2cnnc2)o1. The summed E-state index contributed by atoms with van der Waals surface area (Å²) in [7, 11) is 0. The van der Waals surface area contributed by atoms with Crippen LogP contribution in [0.3, 0.4) is 0 Å². The first-order chi connectivity index (χ1) is 7.34. The van der Waals surface area contributed by atoms with E-state index in [1.165, 1.54) is 17.3 Å². The minimum absolute atomic E-state index is 0.801. The molecule has 0 saturated heterocycles. The number of hydrogen-bond acceptors (Lipinski definition) is 4. The van der Waals surface area contributed by atoms with Crippen LogP contribution in [0.2, 0.25) is 0 Å².